The maximum absolute atomic E-state index is 13.4. The Morgan fingerprint density at radius 2 is 1.62 bits per heavy atom. The third kappa shape index (κ3) is 10.6. The van der Waals surface area contributed by atoms with Gasteiger partial charge in [-0.15, -0.1) is 21.6 Å². The average Bonchev–Trinajstić information content (AvgIpc) is 3.37. The fraction of sp³-hybridized carbons (Fsp3) is 0.639. The van der Waals surface area contributed by atoms with Crippen LogP contribution in [0, 0.1) is 42.6 Å². The van der Waals surface area contributed by atoms with Crippen LogP contribution in [-0.4, -0.2) is 26.1 Å². The number of ether oxygens (including phenoxy) is 1. The molecule has 0 bridgehead atoms. The number of anilines is 2. The van der Waals surface area contributed by atoms with Gasteiger partial charge >= 0.3 is 0 Å². The second kappa shape index (κ2) is 19.9. The van der Waals surface area contributed by atoms with E-state index in [0.717, 1.165) is 55.8 Å². The van der Waals surface area contributed by atoms with E-state index in [1.807, 2.05) is 26.0 Å². The molecule has 1 aromatic carbocycles. The Hall–Kier alpha value is -3.43. The first kappa shape index (κ1) is 37.8. The van der Waals surface area contributed by atoms with E-state index in [4.69, 9.17) is 11.3 Å². The van der Waals surface area contributed by atoms with E-state index in [1.165, 1.54) is 38.5 Å². The summed E-state index contributed by atoms with van der Waals surface area (Å²) in [4.78, 5) is 19.4. The van der Waals surface area contributed by atoms with Gasteiger partial charge in [0, 0.05) is 25.1 Å². The number of carbonyl (C=O) groups excluding carboxylic acids is 1. The largest absolute Gasteiger partial charge is 0.494 e. The van der Waals surface area contributed by atoms with E-state index in [-0.39, 0.29) is 11.8 Å². The van der Waals surface area contributed by atoms with Crippen LogP contribution in [0.4, 0.5) is 27.1 Å². The van der Waals surface area contributed by atoms with Crippen molar-refractivity contribution in [2.75, 3.05) is 30.4 Å². The van der Waals surface area contributed by atoms with Crippen LogP contribution in [0.3, 0.4) is 0 Å². The molecule has 2 atom stereocenters. The molecule has 0 fully saturated rings. The van der Waals surface area contributed by atoms with Crippen LogP contribution >= 0.6 is 11.3 Å². The van der Waals surface area contributed by atoms with Gasteiger partial charge in [-0.2, -0.15) is 5.26 Å². The Labute approximate surface area is 276 Å². The monoisotopic (exact) mass is 634 g/mol. The molecule has 2 unspecified atom stereocenters. The van der Waals surface area contributed by atoms with Crippen molar-refractivity contribution in [2.24, 2.45) is 28.0 Å². The number of methoxy groups -OCH3 is 1. The second-order valence-electron chi connectivity index (χ2n) is 11.9. The highest BCUT2D eigenvalue weighted by Crippen LogP contribution is 2.44. The van der Waals surface area contributed by atoms with Gasteiger partial charge in [0.05, 0.1) is 30.6 Å². The summed E-state index contributed by atoms with van der Waals surface area (Å²) < 4.78 is 6.00. The highest BCUT2D eigenvalue weighted by molar-refractivity contribution is 7.20. The number of unbranched alkanes of at least 4 members (excludes halogenated alkanes) is 2. The van der Waals surface area contributed by atoms with Gasteiger partial charge in [0.25, 0.3) is 0 Å². The molecule has 0 radical (unpaired) electrons. The third-order valence-corrected chi connectivity index (χ3v) is 9.93. The molecule has 0 aliphatic heterocycles. The fourth-order valence-electron chi connectivity index (χ4n) is 5.67. The van der Waals surface area contributed by atoms with Crippen molar-refractivity contribution in [3.05, 3.63) is 34.7 Å². The highest BCUT2D eigenvalue weighted by Gasteiger charge is 2.24. The number of nitriles is 1. The number of nitrogens with one attached hydrogen (secondary N) is 1. The van der Waals surface area contributed by atoms with Gasteiger partial charge in [0.2, 0.25) is 10.9 Å². The molecule has 246 valence electrons. The van der Waals surface area contributed by atoms with Crippen molar-refractivity contribution in [2.45, 2.75) is 113 Å². The van der Waals surface area contributed by atoms with Crippen LogP contribution in [0.25, 0.3) is 4.85 Å². The molecule has 0 spiro atoms. The SMILES string of the molecule is [C-]#[N+]c1sc(N=Nc2cc(OC)c(N(CC(CC)CCCC)CC(CC)CCCC)cc2NC(=O)C(CC)CC)c(C#N)c1C. The summed E-state index contributed by atoms with van der Waals surface area (Å²) in [5, 5.41) is 22.7. The molecule has 0 aliphatic carbocycles. The number of thiophene rings is 1. The standard InChI is InChI=1S/C36H54N6O2S/c1-10-16-18-26(12-3)23-42(24-27(13-4)19-17-11-2)32-20-30(39-34(43)28(14-5)15-6)31(21-33(32)44-9)40-41-36-29(22-37)25(7)35(38-8)45-36/h20-21,26-28H,10-19,23-24H2,1-7,9H3,(H,39,43). The van der Waals surface area contributed by atoms with Crippen molar-refractivity contribution >= 4 is 44.3 Å². The normalized spacial score (nSPS) is 12.6. The summed E-state index contributed by atoms with van der Waals surface area (Å²) in [5.41, 5.74) is 2.92. The van der Waals surface area contributed by atoms with Crippen molar-refractivity contribution in [3.63, 3.8) is 0 Å². The van der Waals surface area contributed by atoms with Crippen molar-refractivity contribution in [1.82, 2.24) is 0 Å². The summed E-state index contributed by atoms with van der Waals surface area (Å²) in [6.07, 6.45) is 10.8. The second-order valence-corrected chi connectivity index (χ2v) is 12.9. The number of hydrogen-bond donors (Lipinski definition) is 1. The zero-order chi connectivity index (χ0) is 33.4. The molecule has 2 aromatic rings. The van der Waals surface area contributed by atoms with Crippen molar-refractivity contribution in [1.29, 1.82) is 5.26 Å². The number of benzene rings is 1. The lowest BCUT2D eigenvalue weighted by molar-refractivity contribution is -0.120. The van der Waals surface area contributed by atoms with Crippen LogP contribution in [0.15, 0.2) is 22.4 Å². The summed E-state index contributed by atoms with van der Waals surface area (Å²) in [5.74, 6) is 1.58. The number of amides is 1. The van der Waals surface area contributed by atoms with Crippen LogP contribution in [0.2, 0.25) is 0 Å². The molecule has 45 heavy (non-hydrogen) atoms. The molecule has 9 heteroatoms. The van der Waals surface area contributed by atoms with E-state index in [2.05, 4.69) is 59.1 Å². The number of carbonyl (C=O) groups is 1. The molecule has 1 N–H and O–H groups in total. The Morgan fingerprint density at radius 1 is 1.02 bits per heavy atom. The minimum absolute atomic E-state index is 0.0529. The molecular weight excluding hydrogens is 581 g/mol. The quantitative estimate of drug-likeness (QED) is 0.116. The molecule has 2 rings (SSSR count). The fourth-order valence-corrected chi connectivity index (χ4v) is 6.54. The Kier molecular flexibility index (Phi) is 16.7. The summed E-state index contributed by atoms with van der Waals surface area (Å²) >= 11 is 1.15. The predicted molar refractivity (Wildman–Crippen MR) is 189 cm³/mol. The molecule has 0 saturated carbocycles. The summed E-state index contributed by atoms with van der Waals surface area (Å²) in [6, 6.07) is 6.01. The number of azo groups is 1. The smallest absolute Gasteiger partial charge is 0.247 e. The number of hydrogen-bond acceptors (Lipinski definition) is 7. The third-order valence-electron chi connectivity index (χ3n) is 8.86. The minimum Gasteiger partial charge on any atom is -0.494 e. The van der Waals surface area contributed by atoms with Gasteiger partial charge in [0.1, 0.15) is 22.5 Å². The Morgan fingerprint density at radius 3 is 2.09 bits per heavy atom. The summed E-state index contributed by atoms with van der Waals surface area (Å²) in [6.45, 7) is 24.1. The van der Waals surface area contributed by atoms with Gasteiger partial charge in [-0.05, 0) is 56.1 Å². The van der Waals surface area contributed by atoms with E-state index in [1.54, 1.807) is 14.0 Å². The van der Waals surface area contributed by atoms with Gasteiger partial charge < -0.3 is 15.0 Å². The maximum Gasteiger partial charge on any atom is 0.247 e. The van der Waals surface area contributed by atoms with E-state index >= 15 is 0 Å². The van der Waals surface area contributed by atoms with Gasteiger partial charge in [0.15, 0.2) is 0 Å². The lowest BCUT2D eigenvalue weighted by Gasteiger charge is -2.34. The lowest BCUT2D eigenvalue weighted by atomic mass is 9.95. The molecule has 1 heterocycles. The van der Waals surface area contributed by atoms with Crippen LogP contribution < -0.4 is 15.0 Å². The lowest BCUT2D eigenvalue weighted by Crippen LogP contribution is -2.34. The molecule has 0 aliphatic rings. The molecule has 0 saturated heterocycles. The zero-order valence-electron chi connectivity index (χ0n) is 28.8. The molecule has 8 nitrogen and oxygen atoms in total. The molecule has 1 aromatic heterocycles. The first-order valence-electron chi connectivity index (χ1n) is 16.9. The first-order chi connectivity index (χ1) is 21.7. The average molecular weight is 635 g/mol. The molecule has 1 amide bonds. The summed E-state index contributed by atoms with van der Waals surface area (Å²) in [7, 11) is 1.67. The zero-order valence-corrected chi connectivity index (χ0v) is 29.6. The van der Waals surface area contributed by atoms with Gasteiger partial charge in [-0.1, -0.05) is 80.1 Å². The van der Waals surface area contributed by atoms with Crippen LogP contribution in [0.1, 0.15) is 117 Å². The topological polar surface area (TPSA) is 94.4 Å². The van der Waals surface area contributed by atoms with Crippen LogP contribution in [0.5, 0.6) is 5.75 Å². The van der Waals surface area contributed by atoms with E-state index in [0.29, 0.717) is 50.1 Å². The molecular formula is C36H54N6O2S. The highest BCUT2D eigenvalue weighted by atomic mass is 32.1. The Bertz CT molecular complexity index is 1320. The van der Waals surface area contributed by atoms with Crippen molar-refractivity contribution < 1.29 is 9.53 Å². The Balaban J connectivity index is 2.73. The van der Waals surface area contributed by atoms with Crippen molar-refractivity contribution in [3.8, 4) is 11.8 Å². The number of rotatable bonds is 20. The van der Waals surface area contributed by atoms with E-state index in [9.17, 15) is 10.1 Å². The van der Waals surface area contributed by atoms with Gasteiger partial charge in [-0.3, -0.25) is 4.79 Å². The number of nitrogens with zero attached hydrogens (tertiary/aromatic N) is 5. The minimum atomic E-state index is -0.125. The van der Waals surface area contributed by atoms with E-state index < -0.39 is 0 Å². The van der Waals surface area contributed by atoms with Crippen LogP contribution in [-0.2, 0) is 4.79 Å². The first-order valence-corrected chi connectivity index (χ1v) is 17.7. The predicted octanol–water partition coefficient (Wildman–Crippen LogP) is 11.5. The van der Waals surface area contributed by atoms with Gasteiger partial charge in [-0.25, -0.2) is 4.85 Å². The maximum atomic E-state index is 13.4.